The Morgan fingerprint density at radius 3 is 2.50 bits per heavy atom. The van der Waals surface area contributed by atoms with E-state index in [4.69, 9.17) is 9.47 Å². The van der Waals surface area contributed by atoms with E-state index < -0.39 is 46.4 Å². The van der Waals surface area contributed by atoms with Gasteiger partial charge in [-0.1, -0.05) is 25.1 Å². The van der Waals surface area contributed by atoms with Gasteiger partial charge in [-0.05, 0) is 81.7 Å². The third-order valence-corrected chi connectivity index (χ3v) is 11.0. The molecule has 3 unspecified atom stereocenters. The van der Waals surface area contributed by atoms with Gasteiger partial charge in [-0.15, -0.1) is 10.8 Å². The molecule has 2 amide bonds. The fourth-order valence-corrected chi connectivity index (χ4v) is 8.71. The second-order valence-corrected chi connectivity index (χ2v) is 14.5. The average molecular weight is 673 g/mol. The lowest BCUT2D eigenvalue weighted by Crippen LogP contribution is -2.52. The highest BCUT2D eigenvalue weighted by atomic mass is 32.3. The first-order valence-corrected chi connectivity index (χ1v) is 17.7. The molecule has 0 saturated carbocycles. The van der Waals surface area contributed by atoms with Crippen LogP contribution in [0.1, 0.15) is 67.8 Å². The van der Waals surface area contributed by atoms with E-state index in [0.29, 0.717) is 50.9 Å². The van der Waals surface area contributed by atoms with Crippen molar-refractivity contribution in [3.63, 3.8) is 0 Å². The summed E-state index contributed by atoms with van der Waals surface area (Å²) in [4.78, 5) is 26.8. The second kappa shape index (κ2) is 16.3. The van der Waals surface area contributed by atoms with E-state index in [-0.39, 0.29) is 51.9 Å². The number of benzene rings is 2. The molecule has 10 nitrogen and oxygen atoms in total. The van der Waals surface area contributed by atoms with Crippen molar-refractivity contribution in [2.45, 2.75) is 83.1 Å². The Balaban J connectivity index is 0.00000400. The number of halogens is 2. The van der Waals surface area contributed by atoms with E-state index in [2.05, 4.69) is 16.0 Å². The van der Waals surface area contributed by atoms with Gasteiger partial charge in [0.25, 0.3) is 0 Å². The quantitative estimate of drug-likeness (QED) is 0.170. The van der Waals surface area contributed by atoms with Gasteiger partial charge in [0, 0.05) is 47.1 Å². The third-order valence-electron chi connectivity index (χ3n) is 8.85. The standard InChI is InChI=1S/C33H48F2N4O6S.3H2/c1-5-17-46(42,43)39-16-15-36-20-26(39)13-14-27-28(35)7-6-8-29(27)37-32(40)31(38-33(41)44-4)30(23-9-11-25(34)12-10-23)24-18-21(2)45-22(3)19-24;;;/h6-12,21-22,24,26,30-31,36,42-43H,5,13-20H2,1-4H3,(H,37,40)(H,38,41);3*1H/t21-,22?,24?,26+,30?,31+;;;/m1.../s1. The van der Waals surface area contributed by atoms with Crippen LogP contribution in [0.25, 0.3) is 0 Å². The van der Waals surface area contributed by atoms with Crippen LogP contribution in [0.3, 0.4) is 0 Å². The number of alkyl carbamates (subject to hydrolysis) is 1. The molecule has 0 aromatic heterocycles. The Morgan fingerprint density at radius 2 is 1.85 bits per heavy atom. The highest BCUT2D eigenvalue weighted by Crippen LogP contribution is 2.46. The molecule has 13 heteroatoms. The summed E-state index contributed by atoms with van der Waals surface area (Å²) in [5.41, 5.74) is 1.19. The zero-order valence-corrected chi connectivity index (χ0v) is 27.8. The largest absolute Gasteiger partial charge is 0.453 e. The van der Waals surface area contributed by atoms with Gasteiger partial charge in [-0.2, -0.15) is 0 Å². The Hall–Kier alpha value is -2.81. The lowest BCUT2D eigenvalue weighted by molar-refractivity contribution is -0.120. The number of ether oxygens (including phenoxy) is 2. The molecule has 2 aliphatic rings. The highest BCUT2D eigenvalue weighted by molar-refractivity contribution is 8.22. The first kappa shape index (κ1) is 36.0. The molecular weight excluding hydrogens is 618 g/mol. The van der Waals surface area contributed by atoms with Crippen LogP contribution in [-0.2, 0) is 20.7 Å². The number of rotatable bonds is 12. The molecule has 2 fully saturated rings. The topological polar surface area (TPSA) is 132 Å². The summed E-state index contributed by atoms with van der Waals surface area (Å²) in [6, 6.07) is 8.93. The SMILES string of the molecule is CCCS(O)(O)N1CCNC[C@@H]1CCc1c(F)cccc1NC(=O)[C@@H](NC(=O)OC)C(c1ccc(F)cc1)C1CC(C)O[C@H](C)C1.[HH].[HH].[HH]. The number of carbonyl (C=O) groups excluding carboxylic acids is 2. The van der Waals surface area contributed by atoms with E-state index >= 15 is 4.39 Å². The van der Waals surface area contributed by atoms with Gasteiger partial charge in [-0.25, -0.2) is 17.9 Å². The lowest BCUT2D eigenvalue weighted by Gasteiger charge is -2.49. The van der Waals surface area contributed by atoms with Gasteiger partial charge in [-0.3, -0.25) is 13.9 Å². The molecule has 4 rings (SSSR count). The fourth-order valence-electron chi connectivity index (χ4n) is 6.89. The molecule has 2 aromatic rings. The van der Waals surface area contributed by atoms with E-state index in [1.807, 2.05) is 20.8 Å². The van der Waals surface area contributed by atoms with Crippen LogP contribution in [0.2, 0.25) is 0 Å². The summed E-state index contributed by atoms with van der Waals surface area (Å²) >= 11 is 0. The van der Waals surface area contributed by atoms with Crippen molar-refractivity contribution >= 4 is 28.5 Å². The van der Waals surface area contributed by atoms with Crippen LogP contribution >= 0.6 is 10.8 Å². The normalized spacial score (nSPS) is 24.1. The second-order valence-electron chi connectivity index (χ2n) is 12.3. The number of piperazine rings is 1. The predicted octanol–water partition coefficient (Wildman–Crippen LogP) is 6.64. The number of anilines is 1. The van der Waals surface area contributed by atoms with Gasteiger partial charge in [0.05, 0.1) is 25.1 Å². The number of hydrogen-bond acceptors (Lipinski definition) is 8. The van der Waals surface area contributed by atoms with Crippen molar-refractivity contribution in [2.75, 3.05) is 37.8 Å². The first-order valence-electron chi connectivity index (χ1n) is 16.0. The predicted molar refractivity (Wildman–Crippen MR) is 182 cm³/mol. The maximum absolute atomic E-state index is 15.4. The van der Waals surface area contributed by atoms with Crippen LogP contribution in [-0.4, -0.2) is 82.2 Å². The Kier molecular flexibility index (Phi) is 12.8. The van der Waals surface area contributed by atoms with Gasteiger partial charge in [0.15, 0.2) is 0 Å². The minimum Gasteiger partial charge on any atom is -0.453 e. The van der Waals surface area contributed by atoms with Crippen molar-refractivity contribution in [2.24, 2.45) is 5.92 Å². The van der Waals surface area contributed by atoms with Gasteiger partial charge in [0.1, 0.15) is 17.7 Å². The van der Waals surface area contributed by atoms with Gasteiger partial charge in [0.2, 0.25) is 5.91 Å². The van der Waals surface area contributed by atoms with Crippen LogP contribution in [0.15, 0.2) is 42.5 Å². The van der Waals surface area contributed by atoms with Crippen molar-refractivity contribution in [1.82, 2.24) is 14.9 Å². The summed E-state index contributed by atoms with van der Waals surface area (Å²) in [6.07, 6.45) is 1.45. The number of hydrogen-bond donors (Lipinski definition) is 5. The lowest BCUT2D eigenvalue weighted by atomic mass is 9.74. The van der Waals surface area contributed by atoms with Gasteiger partial charge < -0.3 is 25.4 Å². The van der Waals surface area contributed by atoms with Crippen LogP contribution < -0.4 is 16.0 Å². The van der Waals surface area contributed by atoms with Crippen molar-refractivity contribution in [3.8, 4) is 0 Å². The molecule has 2 saturated heterocycles. The molecule has 0 bridgehead atoms. The van der Waals surface area contributed by atoms with E-state index in [0.717, 1.165) is 0 Å². The summed E-state index contributed by atoms with van der Waals surface area (Å²) < 4.78 is 63.6. The maximum Gasteiger partial charge on any atom is 0.407 e. The van der Waals surface area contributed by atoms with Crippen molar-refractivity contribution in [1.29, 1.82) is 0 Å². The zero-order chi connectivity index (χ0) is 33.4. The summed E-state index contributed by atoms with van der Waals surface area (Å²) in [6.45, 7) is 7.40. The molecule has 6 atom stereocenters. The zero-order valence-electron chi connectivity index (χ0n) is 27.0. The Labute approximate surface area is 276 Å². The monoisotopic (exact) mass is 672 g/mol. The average Bonchev–Trinajstić information content (AvgIpc) is 3.01. The van der Waals surface area contributed by atoms with Crippen molar-refractivity contribution < 1.29 is 41.2 Å². The van der Waals surface area contributed by atoms with E-state index in [1.165, 1.54) is 31.4 Å². The molecule has 262 valence electrons. The molecule has 5 N–H and O–H groups in total. The minimum absolute atomic E-state index is 0. The van der Waals surface area contributed by atoms with Crippen LogP contribution in [0, 0.1) is 17.6 Å². The maximum atomic E-state index is 15.4. The van der Waals surface area contributed by atoms with Crippen LogP contribution in [0.5, 0.6) is 0 Å². The summed E-state index contributed by atoms with van der Waals surface area (Å²) in [7, 11) is -1.76. The Bertz CT molecular complexity index is 1330. The molecular formula is C33H54F2N4O6S. The van der Waals surface area contributed by atoms with Crippen molar-refractivity contribution in [3.05, 3.63) is 65.2 Å². The molecule has 2 aromatic carbocycles. The summed E-state index contributed by atoms with van der Waals surface area (Å²) in [5.74, 6) is -1.93. The van der Waals surface area contributed by atoms with E-state index in [9.17, 15) is 23.1 Å². The number of nitrogens with zero attached hydrogens (tertiary/aromatic N) is 1. The molecule has 0 spiro atoms. The molecule has 2 aliphatic heterocycles. The molecule has 2 heterocycles. The fraction of sp³-hybridized carbons (Fsp3) is 0.576. The molecule has 46 heavy (non-hydrogen) atoms. The molecule has 0 radical (unpaired) electrons. The first-order chi connectivity index (χ1) is 21.9. The van der Waals surface area contributed by atoms with Gasteiger partial charge >= 0.3 is 6.09 Å². The highest BCUT2D eigenvalue weighted by Gasteiger charge is 2.41. The van der Waals surface area contributed by atoms with E-state index in [1.54, 1.807) is 22.5 Å². The smallest absolute Gasteiger partial charge is 0.407 e. The number of methoxy groups -OCH3 is 1. The number of nitrogens with one attached hydrogen (secondary N) is 3. The minimum atomic E-state index is -2.96. The third kappa shape index (κ3) is 9.17. The Morgan fingerprint density at radius 1 is 1.15 bits per heavy atom. The number of carbonyl (C=O) groups is 2. The molecule has 0 aliphatic carbocycles. The van der Waals surface area contributed by atoms with Crippen LogP contribution in [0.4, 0.5) is 19.3 Å². The summed E-state index contributed by atoms with van der Waals surface area (Å²) in [5, 5.41) is 8.87. The number of amides is 2.